The molecule has 2 N–H and O–H groups in total. The van der Waals surface area contributed by atoms with Gasteiger partial charge in [-0.25, -0.2) is 22.4 Å². The van der Waals surface area contributed by atoms with E-state index in [1.807, 2.05) is 44.2 Å². The van der Waals surface area contributed by atoms with Crippen LogP contribution in [0.5, 0.6) is 0 Å². The summed E-state index contributed by atoms with van der Waals surface area (Å²) in [5.41, 5.74) is 2.30. The molecule has 0 spiro atoms. The van der Waals surface area contributed by atoms with Gasteiger partial charge in [0, 0.05) is 33.8 Å². The molecule has 0 amide bonds. The zero-order chi connectivity index (χ0) is 21.8. The number of anilines is 2. The average Bonchev–Trinajstić information content (AvgIpc) is 3.45. The summed E-state index contributed by atoms with van der Waals surface area (Å²) in [6.45, 7) is 5.60. The molecule has 0 fully saturated rings. The summed E-state index contributed by atoms with van der Waals surface area (Å²) < 4.78 is 26.3. The third kappa shape index (κ3) is 3.47. The number of fused-ring (bicyclic) bond motifs is 2. The van der Waals surface area contributed by atoms with Crippen LogP contribution in [0.3, 0.4) is 0 Å². The highest BCUT2D eigenvalue weighted by molar-refractivity contribution is 7.90. The van der Waals surface area contributed by atoms with E-state index in [1.165, 1.54) is 3.97 Å². The lowest BCUT2D eigenvalue weighted by molar-refractivity contribution is 0.590. The molecule has 0 unspecified atom stereocenters. The molecule has 0 atom stereocenters. The van der Waals surface area contributed by atoms with Crippen molar-refractivity contribution in [1.29, 1.82) is 0 Å². The number of benzene rings is 1. The molecular formula is C21H20N6O2S2. The number of hydrogen-bond acceptors (Lipinski definition) is 7. The Morgan fingerprint density at radius 1 is 1.13 bits per heavy atom. The maximum atomic E-state index is 12.5. The fraction of sp³-hybridized carbons (Fsp3) is 0.190. The van der Waals surface area contributed by atoms with Crippen molar-refractivity contribution in [2.45, 2.75) is 20.8 Å². The largest absolute Gasteiger partial charge is 0.323 e. The number of H-pyrrole nitrogens is 1. The number of nitrogens with one attached hydrogen (secondary N) is 2. The Morgan fingerprint density at radius 3 is 2.71 bits per heavy atom. The van der Waals surface area contributed by atoms with Crippen molar-refractivity contribution in [2.75, 3.05) is 11.1 Å². The van der Waals surface area contributed by atoms with Crippen molar-refractivity contribution in [3.8, 4) is 11.4 Å². The molecule has 1 aromatic carbocycles. The van der Waals surface area contributed by atoms with Crippen LogP contribution in [0.15, 0.2) is 42.6 Å². The molecule has 0 radical (unpaired) electrons. The van der Waals surface area contributed by atoms with E-state index in [2.05, 4.69) is 15.5 Å². The topological polar surface area (TPSA) is 106 Å². The summed E-state index contributed by atoms with van der Waals surface area (Å²) in [5.74, 6) is 1.88. The first kappa shape index (κ1) is 19.7. The van der Waals surface area contributed by atoms with E-state index < -0.39 is 10.0 Å². The van der Waals surface area contributed by atoms with Crippen molar-refractivity contribution in [3.05, 3.63) is 53.2 Å². The first-order chi connectivity index (χ1) is 14.8. The molecule has 158 valence electrons. The predicted molar refractivity (Wildman–Crippen MR) is 125 cm³/mol. The minimum Gasteiger partial charge on any atom is -0.323 e. The van der Waals surface area contributed by atoms with Crippen molar-refractivity contribution in [1.82, 2.24) is 24.1 Å². The quantitative estimate of drug-likeness (QED) is 0.404. The van der Waals surface area contributed by atoms with E-state index in [0.29, 0.717) is 23.0 Å². The third-order valence-electron chi connectivity index (χ3n) is 5.05. The molecule has 31 heavy (non-hydrogen) atoms. The predicted octanol–water partition coefficient (Wildman–Crippen LogP) is 4.59. The second-order valence-corrected chi connectivity index (χ2v) is 10.7. The molecule has 0 aliphatic rings. The number of aromatic amines is 1. The van der Waals surface area contributed by atoms with Crippen LogP contribution in [0.4, 0.5) is 11.6 Å². The smallest absolute Gasteiger partial charge is 0.238 e. The second kappa shape index (κ2) is 7.17. The highest BCUT2D eigenvalue weighted by atomic mass is 32.2. The van der Waals surface area contributed by atoms with E-state index in [9.17, 15) is 8.42 Å². The number of thiophene rings is 1. The van der Waals surface area contributed by atoms with Gasteiger partial charge >= 0.3 is 0 Å². The summed E-state index contributed by atoms with van der Waals surface area (Å²) in [6, 6.07) is 11.4. The van der Waals surface area contributed by atoms with Crippen LogP contribution in [0.2, 0.25) is 0 Å². The molecule has 5 rings (SSSR count). The van der Waals surface area contributed by atoms with Crippen LogP contribution >= 0.6 is 11.3 Å². The lowest BCUT2D eigenvalue weighted by Gasteiger charge is -2.09. The molecule has 5 aromatic rings. The highest BCUT2D eigenvalue weighted by Crippen LogP contribution is 2.33. The Labute approximate surface area is 183 Å². The van der Waals surface area contributed by atoms with Gasteiger partial charge in [-0.3, -0.25) is 5.10 Å². The number of aryl methyl sites for hydroxylation is 2. The van der Waals surface area contributed by atoms with E-state index in [4.69, 9.17) is 9.97 Å². The summed E-state index contributed by atoms with van der Waals surface area (Å²) in [5, 5.41) is 12.2. The molecule has 8 nitrogen and oxygen atoms in total. The fourth-order valence-electron chi connectivity index (χ4n) is 3.49. The third-order valence-corrected chi connectivity index (χ3v) is 7.64. The molecule has 0 saturated heterocycles. The first-order valence-corrected chi connectivity index (χ1v) is 12.2. The van der Waals surface area contributed by atoms with Crippen molar-refractivity contribution < 1.29 is 8.42 Å². The van der Waals surface area contributed by atoms with Gasteiger partial charge in [-0.05, 0) is 39.0 Å². The van der Waals surface area contributed by atoms with Gasteiger partial charge in [-0.1, -0.05) is 12.1 Å². The van der Waals surface area contributed by atoms with Gasteiger partial charge in [-0.2, -0.15) is 5.10 Å². The van der Waals surface area contributed by atoms with Gasteiger partial charge in [0.2, 0.25) is 10.0 Å². The molecule has 10 heteroatoms. The zero-order valence-corrected chi connectivity index (χ0v) is 18.8. The van der Waals surface area contributed by atoms with Gasteiger partial charge in [0.15, 0.2) is 11.6 Å². The molecule has 0 saturated carbocycles. The highest BCUT2D eigenvalue weighted by Gasteiger charge is 2.17. The Morgan fingerprint density at radius 2 is 1.97 bits per heavy atom. The normalized spacial score (nSPS) is 12.1. The molecule has 0 aliphatic carbocycles. The van der Waals surface area contributed by atoms with Crippen LogP contribution in [-0.2, 0) is 10.0 Å². The van der Waals surface area contributed by atoms with Gasteiger partial charge < -0.3 is 5.32 Å². The number of aromatic nitrogens is 5. The van der Waals surface area contributed by atoms with Crippen LogP contribution < -0.4 is 5.32 Å². The molecule has 4 aromatic heterocycles. The van der Waals surface area contributed by atoms with E-state index in [-0.39, 0.29) is 5.75 Å². The van der Waals surface area contributed by atoms with Crippen molar-refractivity contribution in [2.24, 2.45) is 0 Å². The molecular weight excluding hydrogens is 432 g/mol. The summed E-state index contributed by atoms with van der Waals surface area (Å²) in [7, 11) is -3.40. The monoisotopic (exact) mass is 452 g/mol. The molecule has 4 heterocycles. The Kier molecular flexibility index (Phi) is 4.56. The van der Waals surface area contributed by atoms with Gasteiger partial charge in [0.1, 0.15) is 10.6 Å². The lowest BCUT2D eigenvalue weighted by atomic mass is 10.1. The van der Waals surface area contributed by atoms with E-state index in [1.54, 1.807) is 30.5 Å². The van der Waals surface area contributed by atoms with Crippen LogP contribution in [0.25, 0.3) is 32.5 Å². The maximum absolute atomic E-state index is 12.5. The van der Waals surface area contributed by atoms with Gasteiger partial charge in [0.05, 0.1) is 16.7 Å². The van der Waals surface area contributed by atoms with Crippen LogP contribution in [0, 0.1) is 13.8 Å². The van der Waals surface area contributed by atoms with Crippen molar-refractivity contribution >= 4 is 54.1 Å². The number of nitrogens with zero attached hydrogens (tertiary/aromatic N) is 4. The molecule has 0 bridgehead atoms. The summed E-state index contributed by atoms with van der Waals surface area (Å²) in [4.78, 5) is 11.5. The van der Waals surface area contributed by atoms with Crippen LogP contribution in [-0.4, -0.2) is 38.3 Å². The van der Waals surface area contributed by atoms with Crippen LogP contribution in [0.1, 0.15) is 17.5 Å². The minimum atomic E-state index is -3.40. The average molecular weight is 453 g/mol. The maximum Gasteiger partial charge on any atom is 0.238 e. The summed E-state index contributed by atoms with van der Waals surface area (Å²) >= 11 is 1.59. The summed E-state index contributed by atoms with van der Waals surface area (Å²) in [6.07, 6.45) is 1.59. The fourth-order valence-corrected chi connectivity index (χ4v) is 5.36. The molecule has 0 aliphatic heterocycles. The van der Waals surface area contributed by atoms with Gasteiger partial charge in [0.25, 0.3) is 0 Å². The minimum absolute atomic E-state index is 0.0229. The lowest BCUT2D eigenvalue weighted by Crippen LogP contribution is -2.13. The number of rotatable bonds is 5. The zero-order valence-electron chi connectivity index (χ0n) is 17.2. The van der Waals surface area contributed by atoms with E-state index in [0.717, 1.165) is 31.7 Å². The van der Waals surface area contributed by atoms with E-state index >= 15 is 0 Å². The van der Waals surface area contributed by atoms with Gasteiger partial charge in [-0.15, -0.1) is 11.3 Å². The number of hydrogen-bond donors (Lipinski definition) is 2. The Bertz CT molecular complexity index is 1540. The standard InChI is InChI=1S/C21H20N6O2S2/c1-4-31(28,29)27-8-7-14-5-6-15(11-17(14)27)19-23-20(22-18-9-12(2)25-26-18)16-10-13(3)30-21(16)24-19/h5-11H,4H2,1-3H3,(H2,22,23,24,25,26). The Hall–Kier alpha value is -3.24. The van der Waals surface area contributed by atoms with Crippen molar-refractivity contribution in [3.63, 3.8) is 0 Å². The Balaban J connectivity index is 1.68. The second-order valence-electron chi connectivity index (χ2n) is 7.32. The SMILES string of the molecule is CCS(=O)(=O)n1ccc2ccc(-c3nc(Nc4cc(C)[nH]n4)c4cc(C)sc4n3)cc21. The first-order valence-electron chi connectivity index (χ1n) is 9.76.